The van der Waals surface area contributed by atoms with Crippen LogP contribution in [0.2, 0.25) is 0 Å². The molecule has 0 aliphatic carbocycles. The number of rotatable bonds is 2. The third kappa shape index (κ3) is 5.70. The van der Waals surface area contributed by atoms with Gasteiger partial charge in [0.15, 0.2) is 0 Å². The zero-order valence-electron chi connectivity index (χ0n) is 14.9. The summed E-state index contributed by atoms with van der Waals surface area (Å²) < 4.78 is 5.41. The van der Waals surface area contributed by atoms with Crippen molar-refractivity contribution in [2.24, 2.45) is 5.92 Å². The summed E-state index contributed by atoms with van der Waals surface area (Å²) in [5.74, 6) is 0.630. The molecule has 1 aliphatic heterocycles. The summed E-state index contributed by atoms with van der Waals surface area (Å²) in [5, 5.41) is 7.04. The quantitative estimate of drug-likeness (QED) is 0.900. The van der Waals surface area contributed by atoms with Crippen molar-refractivity contribution in [1.29, 1.82) is 0 Å². The van der Waals surface area contributed by atoms with Crippen LogP contribution < -0.4 is 0 Å². The lowest BCUT2D eigenvalue weighted by molar-refractivity contribution is 0.0184. The number of nitrogens with zero attached hydrogens (tertiary/aromatic N) is 2. The van der Waals surface area contributed by atoms with E-state index in [-0.39, 0.29) is 6.09 Å². The third-order valence-corrected chi connectivity index (χ3v) is 3.71. The van der Waals surface area contributed by atoms with E-state index < -0.39 is 5.60 Å². The van der Waals surface area contributed by atoms with Gasteiger partial charge in [-0.1, -0.05) is 13.8 Å². The second kappa shape index (κ2) is 8.20. The van der Waals surface area contributed by atoms with E-state index in [0.717, 1.165) is 38.0 Å². The average Bonchev–Trinajstić information content (AvgIpc) is 2.85. The van der Waals surface area contributed by atoms with E-state index in [9.17, 15) is 4.79 Å². The predicted molar refractivity (Wildman–Crippen MR) is 88.9 cm³/mol. The molecule has 0 spiro atoms. The Kier molecular flexibility index (Phi) is 6.91. The number of nitrogens with one attached hydrogen (secondary N) is 1. The Morgan fingerprint density at radius 1 is 1.36 bits per heavy atom. The monoisotopic (exact) mass is 309 g/mol. The number of ether oxygens (including phenoxy) is 1. The van der Waals surface area contributed by atoms with Crippen LogP contribution in [0.4, 0.5) is 4.79 Å². The summed E-state index contributed by atoms with van der Waals surface area (Å²) in [5.41, 5.74) is 2.03. The molecular formula is C17H31N3O2. The molecule has 2 rings (SSSR count). The minimum Gasteiger partial charge on any atom is -0.444 e. The molecule has 22 heavy (non-hydrogen) atoms. The van der Waals surface area contributed by atoms with Crippen LogP contribution in [0.5, 0.6) is 0 Å². The SMILES string of the molecule is CC.Cc1[nH]ncc1CC1CCN(C(=O)OC(C)(C)C)CC1. The minimum atomic E-state index is -0.415. The maximum atomic E-state index is 12.0. The summed E-state index contributed by atoms with van der Waals surface area (Å²) in [6.45, 7) is 13.3. The molecule has 1 aromatic rings. The lowest BCUT2D eigenvalue weighted by Gasteiger charge is -2.33. The number of aromatic nitrogens is 2. The molecular weight excluding hydrogens is 278 g/mol. The molecule has 0 atom stereocenters. The van der Waals surface area contributed by atoms with Gasteiger partial charge in [0.05, 0.1) is 6.20 Å². The first-order chi connectivity index (χ1) is 10.3. The van der Waals surface area contributed by atoms with Gasteiger partial charge in [-0.15, -0.1) is 0 Å². The van der Waals surface area contributed by atoms with Crippen molar-refractivity contribution in [3.05, 3.63) is 17.5 Å². The Labute approximate surface area is 134 Å². The van der Waals surface area contributed by atoms with E-state index in [4.69, 9.17) is 4.74 Å². The first kappa shape index (κ1) is 18.5. The van der Waals surface area contributed by atoms with E-state index in [2.05, 4.69) is 17.1 Å². The number of hydrogen-bond donors (Lipinski definition) is 1. The Hall–Kier alpha value is -1.52. The number of hydrogen-bond acceptors (Lipinski definition) is 3. The molecule has 0 radical (unpaired) electrons. The fraction of sp³-hybridized carbons (Fsp3) is 0.765. The molecule has 5 heteroatoms. The summed E-state index contributed by atoms with van der Waals surface area (Å²) in [4.78, 5) is 13.8. The van der Waals surface area contributed by atoms with Crippen LogP contribution in [-0.2, 0) is 11.2 Å². The number of piperidine rings is 1. The third-order valence-electron chi connectivity index (χ3n) is 3.71. The molecule has 0 saturated carbocycles. The van der Waals surface area contributed by atoms with Crippen molar-refractivity contribution < 1.29 is 9.53 Å². The van der Waals surface area contributed by atoms with Gasteiger partial charge in [-0.05, 0) is 58.4 Å². The van der Waals surface area contributed by atoms with Gasteiger partial charge in [-0.3, -0.25) is 5.10 Å². The van der Waals surface area contributed by atoms with Gasteiger partial charge in [0, 0.05) is 18.8 Å². The molecule has 1 N–H and O–H groups in total. The first-order valence-electron chi connectivity index (χ1n) is 8.32. The van der Waals surface area contributed by atoms with Crippen molar-refractivity contribution >= 4 is 6.09 Å². The number of H-pyrrole nitrogens is 1. The van der Waals surface area contributed by atoms with Crippen molar-refractivity contribution in [1.82, 2.24) is 15.1 Å². The molecule has 1 fully saturated rings. The largest absolute Gasteiger partial charge is 0.444 e. The van der Waals surface area contributed by atoms with Crippen LogP contribution in [-0.4, -0.2) is 39.9 Å². The Morgan fingerprint density at radius 2 is 1.95 bits per heavy atom. The number of amides is 1. The molecule has 5 nitrogen and oxygen atoms in total. The van der Waals surface area contributed by atoms with Gasteiger partial charge in [-0.2, -0.15) is 5.10 Å². The summed E-state index contributed by atoms with van der Waals surface area (Å²) >= 11 is 0. The molecule has 0 aromatic carbocycles. The van der Waals surface area contributed by atoms with E-state index in [1.54, 1.807) is 0 Å². The highest BCUT2D eigenvalue weighted by Gasteiger charge is 2.27. The second-order valence-corrected chi connectivity index (χ2v) is 6.64. The Balaban J connectivity index is 0.00000116. The maximum Gasteiger partial charge on any atom is 0.410 e. The highest BCUT2D eigenvalue weighted by Crippen LogP contribution is 2.23. The molecule has 1 amide bonds. The van der Waals surface area contributed by atoms with Crippen LogP contribution in [0.3, 0.4) is 0 Å². The smallest absolute Gasteiger partial charge is 0.410 e. The highest BCUT2D eigenvalue weighted by molar-refractivity contribution is 5.68. The maximum absolute atomic E-state index is 12.0. The number of likely N-dealkylation sites (tertiary alicyclic amines) is 1. The summed E-state index contributed by atoms with van der Waals surface area (Å²) in [7, 11) is 0. The summed E-state index contributed by atoms with van der Waals surface area (Å²) in [6.07, 6.45) is 4.84. The normalized spacial score (nSPS) is 16.0. The molecule has 1 aromatic heterocycles. The van der Waals surface area contributed by atoms with Gasteiger partial charge in [-0.25, -0.2) is 4.79 Å². The Morgan fingerprint density at radius 3 is 2.41 bits per heavy atom. The molecule has 2 heterocycles. The summed E-state index contributed by atoms with van der Waals surface area (Å²) in [6, 6.07) is 0. The number of aromatic amines is 1. The van der Waals surface area contributed by atoms with Crippen LogP contribution >= 0.6 is 0 Å². The molecule has 0 bridgehead atoms. The van der Waals surface area contributed by atoms with Gasteiger partial charge >= 0.3 is 6.09 Å². The molecule has 126 valence electrons. The van der Waals surface area contributed by atoms with Gasteiger partial charge in [0.2, 0.25) is 0 Å². The molecule has 1 saturated heterocycles. The van der Waals surface area contributed by atoms with Crippen LogP contribution in [0.1, 0.15) is 58.7 Å². The zero-order chi connectivity index (χ0) is 16.8. The van der Waals surface area contributed by atoms with Gasteiger partial charge in [0.25, 0.3) is 0 Å². The lowest BCUT2D eigenvalue weighted by atomic mass is 9.90. The minimum absolute atomic E-state index is 0.185. The van der Waals surface area contributed by atoms with Crippen molar-refractivity contribution in [3.8, 4) is 0 Å². The zero-order valence-corrected chi connectivity index (χ0v) is 14.9. The highest BCUT2D eigenvalue weighted by atomic mass is 16.6. The second-order valence-electron chi connectivity index (χ2n) is 6.64. The number of carbonyl (C=O) groups excluding carboxylic acids is 1. The fourth-order valence-corrected chi connectivity index (χ4v) is 2.54. The first-order valence-corrected chi connectivity index (χ1v) is 8.32. The van der Waals surface area contributed by atoms with Crippen molar-refractivity contribution in [2.45, 2.75) is 66.4 Å². The lowest BCUT2D eigenvalue weighted by Crippen LogP contribution is -2.42. The molecule has 1 aliphatic rings. The number of aryl methyl sites for hydroxylation is 1. The fourth-order valence-electron chi connectivity index (χ4n) is 2.54. The topological polar surface area (TPSA) is 58.2 Å². The van der Waals surface area contributed by atoms with Gasteiger partial charge < -0.3 is 9.64 Å². The van der Waals surface area contributed by atoms with Crippen molar-refractivity contribution in [3.63, 3.8) is 0 Å². The predicted octanol–water partition coefficient (Wildman–Crippen LogP) is 3.93. The van der Waals surface area contributed by atoms with Gasteiger partial charge in [0.1, 0.15) is 5.60 Å². The van der Waals surface area contributed by atoms with Crippen LogP contribution in [0.15, 0.2) is 6.20 Å². The van der Waals surface area contributed by atoms with Crippen molar-refractivity contribution in [2.75, 3.05) is 13.1 Å². The van der Waals surface area contributed by atoms with E-state index >= 15 is 0 Å². The van der Waals surface area contributed by atoms with E-state index in [1.807, 2.05) is 45.7 Å². The Bertz CT molecular complexity index is 455. The molecule has 0 unspecified atom stereocenters. The standard InChI is InChI=1S/C15H25N3O2.C2H6/c1-11-13(10-16-17-11)9-12-5-7-18(8-6-12)14(19)20-15(2,3)4;1-2/h10,12H,5-9H2,1-4H3,(H,16,17);1-2H3. The van der Waals surface area contributed by atoms with Crippen LogP contribution in [0, 0.1) is 12.8 Å². The van der Waals surface area contributed by atoms with E-state index in [1.165, 1.54) is 5.56 Å². The van der Waals surface area contributed by atoms with E-state index in [0.29, 0.717) is 5.92 Å². The number of carbonyl (C=O) groups is 1. The average molecular weight is 309 g/mol. The van der Waals surface area contributed by atoms with Crippen LogP contribution in [0.25, 0.3) is 0 Å².